The second-order valence-corrected chi connectivity index (χ2v) is 6.64. The van der Waals surface area contributed by atoms with E-state index in [9.17, 15) is 4.79 Å². The van der Waals surface area contributed by atoms with Crippen LogP contribution in [0.25, 0.3) is 0 Å². The Hall–Kier alpha value is -2.60. The summed E-state index contributed by atoms with van der Waals surface area (Å²) in [5.74, 6) is 1.27. The summed E-state index contributed by atoms with van der Waals surface area (Å²) in [6.07, 6.45) is 1.77. The Labute approximate surface area is 150 Å². The van der Waals surface area contributed by atoms with E-state index < -0.39 is 0 Å². The maximum atomic E-state index is 11.9. The van der Waals surface area contributed by atoms with Crippen LogP contribution in [0.3, 0.4) is 0 Å². The smallest absolute Gasteiger partial charge is 0.322 e. The first-order chi connectivity index (χ1) is 12.3. The van der Waals surface area contributed by atoms with Gasteiger partial charge in [-0.1, -0.05) is 53.6 Å². The van der Waals surface area contributed by atoms with Gasteiger partial charge in [-0.05, 0) is 29.9 Å². The van der Waals surface area contributed by atoms with Crippen molar-refractivity contribution in [2.75, 3.05) is 11.1 Å². The number of amides is 1. The van der Waals surface area contributed by atoms with Gasteiger partial charge in [0.25, 0.3) is 0 Å². The molecule has 0 aliphatic carbocycles. The molecule has 0 unspecified atom stereocenters. The van der Waals surface area contributed by atoms with Crippen molar-refractivity contribution >= 4 is 23.7 Å². The van der Waals surface area contributed by atoms with Gasteiger partial charge in [-0.3, -0.25) is 10.1 Å². The Morgan fingerprint density at radius 2 is 1.72 bits per heavy atom. The minimum Gasteiger partial charge on any atom is -0.407 e. The zero-order chi connectivity index (χ0) is 17.3. The zero-order valence-corrected chi connectivity index (χ0v) is 14.5. The molecule has 3 rings (SSSR count). The second-order valence-electron chi connectivity index (χ2n) is 5.48. The third-order valence-corrected chi connectivity index (χ3v) is 4.57. The molecular weight excluding hydrogens is 334 g/mol. The van der Waals surface area contributed by atoms with Crippen molar-refractivity contribution in [1.29, 1.82) is 0 Å². The van der Waals surface area contributed by atoms with E-state index in [-0.39, 0.29) is 11.9 Å². The highest BCUT2D eigenvalue weighted by Crippen LogP contribution is 2.18. The summed E-state index contributed by atoms with van der Waals surface area (Å²) in [7, 11) is 0. The van der Waals surface area contributed by atoms with Crippen LogP contribution in [0.4, 0.5) is 6.01 Å². The van der Waals surface area contributed by atoms with E-state index in [4.69, 9.17) is 4.42 Å². The van der Waals surface area contributed by atoms with Crippen LogP contribution in [0.5, 0.6) is 0 Å². The Balaban J connectivity index is 1.39. The fourth-order valence-electron chi connectivity index (χ4n) is 2.27. The van der Waals surface area contributed by atoms with Crippen LogP contribution < -0.4 is 5.32 Å². The van der Waals surface area contributed by atoms with Crippen LogP contribution in [-0.2, 0) is 11.2 Å². The number of nitrogens with zero attached hydrogens (tertiary/aromatic N) is 2. The number of anilines is 1. The molecule has 0 fully saturated rings. The molecule has 0 saturated carbocycles. The zero-order valence-electron chi connectivity index (χ0n) is 13.7. The standard InChI is InChI=1S/C19H19N3O2S/c23-17(12-7-13-25-16-10-5-2-6-11-16)20-19-22-21-18(24-19)14-15-8-3-1-4-9-15/h1-6,8-11H,7,12-14H2,(H,20,22,23). The Bertz CT molecular complexity index is 791. The van der Waals surface area contributed by atoms with E-state index in [0.717, 1.165) is 17.7 Å². The molecule has 0 radical (unpaired) electrons. The number of rotatable bonds is 8. The molecule has 0 saturated heterocycles. The minimum atomic E-state index is -0.108. The number of benzene rings is 2. The summed E-state index contributed by atoms with van der Waals surface area (Å²) in [6.45, 7) is 0. The highest BCUT2D eigenvalue weighted by atomic mass is 32.2. The summed E-state index contributed by atoms with van der Waals surface area (Å²) in [5.41, 5.74) is 1.09. The number of hydrogen-bond acceptors (Lipinski definition) is 5. The molecule has 1 N–H and O–H groups in total. The number of aromatic nitrogens is 2. The summed E-state index contributed by atoms with van der Waals surface area (Å²) in [5, 5.41) is 10.5. The molecule has 25 heavy (non-hydrogen) atoms. The second kappa shape index (κ2) is 9.03. The Morgan fingerprint density at radius 3 is 2.48 bits per heavy atom. The van der Waals surface area contributed by atoms with E-state index >= 15 is 0 Å². The highest BCUT2D eigenvalue weighted by molar-refractivity contribution is 7.99. The molecule has 6 heteroatoms. The van der Waals surface area contributed by atoms with Crippen LogP contribution in [0.2, 0.25) is 0 Å². The fourth-order valence-corrected chi connectivity index (χ4v) is 3.14. The SMILES string of the molecule is O=C(CCCSc1ccccc1)Nc1nnc(Cc2ccccc2)o1. The molecule has 1 amide bonds. The Morgan fingerprint density at radius 1 is 1.00 bits per heavy atom. The third kappa shape index (κ3) is 5.76. The van der Waals surface area contributed by atoms with Crippen molar-refractivity contribution in [3.8, 4) is 0 Å². The largest absolute Gasteiger partial charge is 0.407 e. The van der Waals surface area contributed by atoms with E-state index in [2.05, 4.69) is 27.6 Å². The maximum Gasteiger partial charge on any atom is 0.322 e. The van der Waals surface area contributed by atoms with Gasteiger partial charge >= 0.3 is 6.01 Å². The summed E-state index contributed by atoms with van der Waals surface area (Å²) in [6, 6.07) is 20.2. The molecule has 128 valence electrons. The monoisotopic (exact) mass is 353 g/mol. The Kier molecular flexibility index (Phi) is 6.23. The molecular formula is C19H19N3O2S. The molecule has 0 spiro atoms. The number of carbonyl (C=O) groups excluding carboxylic acids is 1. The maximum absolute atomic E-state index is 11.9. The topological polar surface area (TPSA) is 68.0 Å². The van der Waals surface area contributed by atoms with E-state index in [1.807, 2.05) is 48.5 Å². The van der Waals surface area contributed by atoms with Crippen molar-refractivity contribution < 1.29 is 9.21 Å². The normalized spacial score (nSPS) is 10.6. The predicted molar refractivity (Wildman–Crippen MR) is 98.6 cm³/mol. The van der Waals surface area contributed by atoms with E-state index in [1.165, 1.54) is 4.90 Å². The van der Waals surface area contributed by atoms with Crippen molar-refractivity contribution in [1.82, 2.24) is 10.2 Å². The molecule has 0 bridgehead atoms. The molecule has 5 nitrogen and oxygen atoms in total. The van der Waals surface area contributed by atoms with E-state index in [0.29, 0.717) is 18.7 Å². The molecule has 1 aromatic heterocycles. The van der Waals surface area contributed by atoms with Gasteiger partial charge in [-0.25, -0.2) is 0 Å². The highest BCUT2D eigenvalue weighted by Gasteiger charge is 2.10. The first-order valence-corrected chi connectivity index (χ1v) is 9.12. The number of hydrogen-bond donors (Lipinski definition) is 1. The lowest BCUT2D eigenvalue weighted by Crippen LogP contribution is -2.11. The average molecular weight is 353 g/mol. The number of carbonyl (C=O) groups is 1. The van der Waals surface area contributed by atoms with Crippen molar-refractivity contribution in [3.63, 3.8) is 0 Å². The van der Waals surface area contributed by atoms with Gasteiger partial charge in [0, 0.05) is 11.3 Å². The van der Waals surface area contributed by atoms with Crippen molar-refractivity contribution in [2.45, 2.75) is 24.2 Å². The van der Waals surface area contributed by atoms with E-state index in [1.54, 1.807) is 11.8 Å². The predicted octanol–water partition coefficient (Wildman–Crippen LogP) is 4.17. The molecule has 3 aromatic rings. The minimum absolute atomic E-state index is 0.108. The number of nitrogens with one attached hydrogen (secondary N) is 1. The lowest BCUT2D eigenvalue weighted by Gasteiger charge is -2.02. The molecule has 2 aromatic carbocycles. The van der Waals surface area contributed by atoms with Gasteiger partial charge in [-0.2, -0.15) is 0 Å². The quantitative estimate of drug-likeness (QED) is 0.486. The first-order valence-electron chi connectivity index (χ1n) is 8.13. The summed E-state index contributed by atoms with van der Waals surface area (Å²) >= 11 is 1.74. The molecule has 0 aliphatic rings. The fraction of sp³-hybridized carbons (Fsp3) is 0.211. The third-order valence-electron chi connectivity index (χ3n) is 3.47. The van der Waals surface area contributed by atoms with Crippen LogP contribution in [0, 0.1) is 0 Å². The van der Waals surface area contributed by atoms with Gasteiger partial charge in [-0.15, -0.1) is 16.9 Å². The van der Waals surface area contributed by atoms with Crippen LogP contribution >= 0.6 is 11.8 Å². The van der Waals surface area contributed by atoms with Crippen LogP contribution in [0.1, 0.15) is 24.3 Å². The first kappa shape index (κ1) is 17.2. The average Bonchev–Trinajstić information content (AvgIpc) is 3.07. The van der Waals surface area contributed by atoms with Gasteiger partial charge in [0.2, 0.25) is 11.8 Å². The van der Waals surface area contributed by atoms with Crippen molar-refractivity contribution in [2.24, 2.45) is 0 Å². The summed E-state index contributed by atoms with van der Waals surface area (Å²) < 4.78 is 5.47. The number of thioether (sulfide) groups is 1. The lowest BCUT2D eigenvalue weighted by molar-refractivity contribution is -0.116. The van der Waals surface area contributed by atoms with Crippen molar-refractivity contribution in [3.05, 3.63) is 72.1 Å². The van der Waals surface area contributed by atoms with Crippen LogP contribution in [0.15, 0.2) is 70.0 Å². The van der Waals surface area contributed by atoms with Crippen LogP contribution in [-0.4, -0.2) is 21.9 Å². The van der Waals surface area contributed by atoms with Gasteiger partial charge < -0.3 is 4.42 Å². The van der Waals surface area contributed by atoms with Gasteiger partial charge in [0.05, 0.1) is 6.42 Å². The molecule has 0 atom stereocenters. The molecule has 0 aliphatic heterocycles. The van der Waals surface area contributed by atoms with Gasteiger partial charge in [0.15, 0.2) is 0 Å². The summed E-state index contributed by atoms with van der Waals surface area (Å²) in [4.78, 5) is 13.2. The molecule has 1 heterocycles. The lowest BCUT2D eigenvalue weighted by atomic mass is 10.2. The van der Waals surface area contributed by atoms with Gasteiger partial charge in [0.1, 0.15) is 0 Å².